The van der Waals surface area contributed by atoms with E-state index in [9.17, 15) is 22.6 Å². The third-order valence-electron chi connectivity index (χ3n) is 4.23. The average molecular weight is 400 g/mol. The quantitative estimate of drug-likeness (QED) is 0.529. The topological polar surface area (TPSA) is 107 Å². The third kappa shape index (κ3) is 3.60. The van der Waals surface area contributed by atoms with Gasteiger partial charge in [0.05, 0.1) is 25.3 Å². The summed E-state index contributed by atoms with van der Waals surface area (Å²) in [6, 6.07) is 14.8. The Labute approximate surface area is 161 Å². The van der Waals surface area contributed by atoms with Gasteiger partial charge in [-0.25, -0.2) is 9.59 Å². The van der Waals surface area contributed by atoms with Crippen LogP contribution < -0.4 is 0 Å². The van der Waals surface area contributed by atoms with Crippen LogP contribution in [0.1, 0.15) is 20.7 Å². The molecule has 0 heterocycles. The Morgan fingerprint density at radius 3 is 2.11 bits per heavy atom. The summed E-state index contributed by atoms with van der Waals surface area (Å²) in [4.78, 5) is 23.6. The highest BCUT2D eigenvalue weighted by Crippen LogP contribution is 2.34. The summed E-state index contributed by atoms with van der Waals surface area (Å²) >= 11 is 0. The van der Waals surface area contributed by atoms with E-state index < -0.39 is 32.5 Å². The van der Waals surface area contributed by atoms with Gasteiger partial charge >= 0.3 is 11.9 Å². The number of esters is 2. The summed E-state index contributed by atoms with van der Waals surface area (Å²) in [7, 11) is -2.60. The fourth-order valence-electron chi connectivity index (χ4n) is 2.98. The van der Waals surface area contributed by atoms with Gasteiger partial charge in [0.15, 0.2) is 0 Å². The van der Waals surface area contributed by atoms with Crippen LogP contribution in [0.25, 0.3) is 21.9 Å². The van der Waals surface area contributed by atoms with Crippen molar-refractivity contribution in [3.63, 3.8) is 0 Å². The van der Waals surface area contributed by atoms with Crippen LogP contribution in [0.2, 0.25) is 0 Å². The molecule has 0 radical (unpaired) electrons. The Morgan fingerprint density at radius 1 is 0.857 bits per heavy atom. The van der Waals surface area contributed by atoms with Gasteiger partial charge in [0.2, 0.25) is 0 Å². The van der Waals surface area contributed by atoms with Crippen LogP contribution in [0.5, 0.6) is 0 Å². The van der Waals surface area contributed by atoms with Gasteiger partial charge in [-0.1, -0.05) is 36.4 Å². The van der Waals surface area contributed by atoms with E-state index in [0.717, 1.165) is 31.1 Å². The monoisotopic (exact) mass is 400 g/mol. The predicted octanol–water partition coefficient (Wildman–Crippen LogP) is 3.33. The molecule has 0 aliphatic carbocycles. The Balaban J connectivity index is 2.42. The first-order valence-corrected chi connectivity index (χ1v) is 9.51. The lowest BCUT2D eigenvalue weighted by molar-refractivity contribution is 0.0595. The first-order chi connectivity index (χ1) is 13.3. The molecule has 0 aliphatic heterocycles. The van der Waals surface area contributed by atoms with E-state index in [2.05, 4.69) is 9.47 Å². The number of methoxy groups -OCH3 is 2. The van der Waals surface area contributed by atoms with Crippen molar-refractivity contribution in [2.45, 2.75) is 4.90 Å². The van der Waals surface area contributed by atoms with E-state index in [1.807, 2.05) is 24.3 Å². The summed E-state index contributed by atoms with van der Waals surface area (Å²) < 4.78 is 43.4. The first kappa shape index (κ1) is 19.5. The molecule has 0 saturated heterocycles. The van der Waals surface area contributed by atoms with Gasteiger partial charge in [-0.3, -0.25) is 4.55 Å². The van der Waals surface area contributed by atoms with E-state index in [1.54, 1.807) is 18.2 Å². The first-order valence-electron chi connectivity index (χ1n) is 8.07. The lowest BCUT2D eigenvalue weighted by Crippen LogP contribution is -2.14. The van der Waals surface area contributed by atoms with Crippen LogP contribution in [-0.2, 0) is 19.6 Å². The number of carbonyl (C=O) groups is 2. The summed E-state index contributed by atoms with van der Waals surface area (Å²) in [6.45, 7) is 0. The molecule has 0 aromatic heterocycles. The van der Waals surface area contributed by atoms with Crippen molar-refractivity contribution in [3.05, 3.63) is 65.7 Å². The number of hydrogen-bond donors (Lipinski definition) is 1. The van der Waals surface area contributed by atoms with Crippen molar-refractivity contribution in [2.75, 3.05) is 14.2 Å². The second kappa shape index (κ2) is 7.41. The van der Waals surface area contributed by atoms with Gasteiger partial charge in [-0.2, -0.15) is 8.42 Å². The molecule has 0 bridgehead atoms. The van der Waals surface area contributed by atoms with Crippen LogP contribution in [-0.4, -0.2) is 39.1 Å². The van der Waals surface area contributed by atoms with Gasteiger partial charge in [-0.05, 0) is 34.5 Å². The molecule has 8 heteroatoms. The highest BCUT2D eigenvalue weighted by atomic mass is 32.2. The molecular formula is C20H16O7S. The molecule has 144 valence electrons. The zero-order valence-corrected chi connectivity index (χ0v) is 15.8. The van der Waals surface area contributed by atoms with Crippen molar-refractivity contribution < 1.29 is 32.0 Å². The van der Waals surface area contributed by atoms with Gasteiger partial charge < -0.3 is 9.47 Å². The Bertz CT molecular complexity index is 1200. The normalized spacial score (nSPS) is 11.2. The zero-order valence-electron chi connectivity index (χ0n) is 15.0. The van der Waals surface area contributed by atoms with Crippen molar-refractivity contribution in [1.29, 1.82) is 0 Å². The number of fused-ring (bicyclic) bond motifs is 1. The second-order valence-electron chi connectivity index (χ2n) is 5.92. The molecule has 28 heavy (non-hydrogen) atoms. The van der Waals surface area contributed by atoms with Crippen molar-refractivity contribution >= 4 is 32.8 Å². The summed E-state index contributed by atoms with van der Waals surface area (Å²) in [6.07, 6.45) is 0. The Hall–Kier alpha value is -3.23. The van der Waals surface area contributed by atoms with Crippen molar-refractivity contribution in [3.8, 4) is 11.1 Å². The summed E-state index contributed by atoms with van der Waals surface area (Å²) in [5.74, 6) is -1.78. The maximum Gasteiger partial charge on any atom is 0.339 e. The maximum atomic E-state index is 12.2. The van der Waals surface area contributed by atoms with Gasteiger partial charge in [0.25, 0.3) is 10.1 Å². The fourth-order valence-corrected chi connectivity index (χ4v) is 3.85. The highest BCUT2D eigenvalue weighted by molar-refractivity contribution is 7.86. The SMILES string of the molecule is COC(=O)c1cc(C(=O)OC)c(S(=O)(=O)O)c(-c2ccc3ccccc3c2)c1. The standard InChI is InChI=1S/C20H16O7S/c1-26-19(21)15-10-16(14-8-7-12-5-3-4-6-13(12)9-14)18(28(23,24)25)17(11-15)20(22)27-2/h3-11H,1-2H3,(H,23,24,25). The van der Waals surface area contributed by atoms with Crippen LogP contribution in [0.15, 0.2) is 59.5 Å². The van der Waals surface area contributed by atoms with Crippen LogP contribution >= 0.6 is 0 Å². The molecule has 3 aromatic rings. The molecule has 3 aromatic carbocycles. The van der Waals surface area contributed by atoms with E-state index in [4.69, 9.17) is 0 Å². The third-order valence-corrected chi connectivity index (χ3v) is 5.19. The smallest absolute Gasteiger partial charge is 0.339 e. The number of rotatable bonds is 4. The number of benzene rings is 3. The van der Waals surface area contributed by atoms with Gasteiger partial charge in [0.1, 0.15) is 4.90 Å². The second-order valence-corrected chi connectivity index (χ2v) is 7.28. The average Bonchev–Trinajstić information content (AvgIpc) is 2.70. The molecule has 0 spiro atoms. The summed E-state index contributed by atoms with van der Waals surface area (Å²) in [5.41, 5.74) is -0.145. The van der Waals surface area contributed by atoms with Crippen LogP contribution in [0, 0.1) is 0 Å². The number of hydrogen-bond acceptors (Lipinski definition) is 6. The maximum absolute atomic E-state index is 12.2. The minimum absolute atomic E-state index is 0.0171. The van der Waals surface area contributed by atoms with Crippen molar-refractivity contribution in [2.24, 2.45) is 0 Å². The fraction of sp³-hybridized carbons (Fsp3) is 0.100. The largest absolute Gasteiger partial charge is 0.465 e. The molecule has 0 saturated carbocycles. The molecule has 0 aliphatic rings. The lowest BCUT2D eigenvalue weighted by Gasteiger charge is -2.14. The predicted molar refractivity (Wildman–Crippen MR) is 102 cm³/mol. The van der Waals surface area contributed by atoms with E-state index in [1.165, 1.54) is 6.07 Å². The highest BCUT2D eigenvalue weighted by Gasteiger charge is 2.28. The number of carbonyl (C=O) groups excluding carboxylic acids is 2. The lowest BCUT2D eigenvalue weighted by atomic mass is 9.97. The van der Waals surface area contributed by atoms with E-state index >= 15 is 0 Å². The molecule has 0 unspecified atom stereocenters. The van der Waals surface area contributed by atoms with Crippen molar-refractivity contribution in [1.82, 2.24) is 0 Å². The molecular weight excluding hydrogens is 384 g/mol. The Kier molecular flexibility index (Phi) is 5.17. The number of ether oxygens (including phenoxy) is 2. The Morgan fingerprint density at radius 2 is 1.50 bits per heavy atom. The molecule has 1 N–H and O–H groups in total. The van der Waals surface area contributed by atoms with Crippen LogP contribution in [0.4, 0.5) is 0 Å². The van der Waals surface area contributed by atoms with E-state index in [0.29, 0.717) is 5.56 Å². The minimum Gasteiger partial charge on any atom is -0.465 e. The summed E-state index contributed by atoms with van der Waals surface area (Å²) in [5, 5.41) is 1.72. The van der Waals surface area contributed by atoms with Crippen LogP contribution in [0.3, 0.4) is 0 Å². The molecule has 0 fully saturated rings. The van der Waals surface area contributed by atoms with E-state index in [-0.39, 0.29) is 11.1 Å². The molecule has 3 rings (SSSR count). The molecule has 0 amide bonds. The minimum atomic E-state index is -4.82. The van der Waals surface area contributed by atoms with Gasteiger partial charge in [-0.15, -0.1) is 0 Å². The zero-order chi connectivity index (χ0) is 20.5. The molecule has 0 atom stereocenters. The molecule has 7 nitrogen and oxygen atoms in total. The van der Waals surface area contributed by atoms with Gasteiger partial charge in [0, 0.05) is 5.56 Å².